The summed E-state index contributed by atoms with van der Waals surface area (Å²) in [7, 11) is 0. The van der Waals surface area contributed by atoms with Crippen LogP contribution in [-0.4, -0.2) is 44.6 Å². The van der Waals surface area contributed by atoms with Crippen LogP contribution in [0.3, 0.4) is 0 Å². The van der Waals surface area contributed by atoms with Gasteiger partial charge in [0, 0.05) is 24.7 Å². The zero-order chi connectivity index (χ0) is 17.8. The Labute approximate surface area is 151 Å². The van der Waals surface area contributed by atoms with Crippen LogP contribution in [0.15, 0.2) is 18.5 Å². The zero-order valence-electron chi connectivity index (χ0n) is 14.6. The van der Waals surface area contributed by atoms with Crippen LogP contribution in [-0.2, 0) is 4.74 Å². The summed E-state index contributed by atoms with van der Waals surface area (Å²) in [6.07, 6.45) is 3.24. The van der Waals surface area contributed by atoms with Crippen molar-refractivity contribution in [2.45, 2.75) is 45.1 Å². The van der Waals surface area contributed by atoms with Crippen LogP contribution >= 0.6 is 11.6 Å². The number of halogens is 1. The topological polar surface area (TPSA) is 68.2 Å². The van der Waals surface area contributed by atoms with Gasteiger partial charge >= 0.3 is 6.09 Å². The van der Waals surface area contributed by atoms with Crippen molar-refractivity contribution in [1.82, 2.24) is 19.9 Å². The van der Waals surface area contributed by atoms with Gasteiger partial charge in [-0.1, -0.05) is 11.6 Å². The van der Waals surface area contributed by atoms with Crippen LogP contribution in [0, 0.1) is 5.41 Å². The minimum Gasteiger partial charge on any atom is -0.444 e. The number of carbonyl (C=O) groups is 1. The molecule has 1 aliphatic heterocycles. The molecule has 0 radical (unpaired) electrons. The van der Waals surface area contributed by atoms with Crippen LogP contribution in [0.1, 0.15) is 45.2 Å². The summed E-state index contributed by atoms with van der Waals surface area (Å²) < 4.78 is 5.49. The fourth-order valence-corrected chi connectivity index (χ4v) is 3.90. The van der Waals surface area contributed by atoms with Gasteiger partial charge in [-0.2, -0.15) is 0 Å². The molecule has 0 bridgehead atoms. The highest BCUT2D eigenvalue weighted by Crippen LogP contribution is 2.63. The monoisotopic (exact) mass is 360 g/mol. The summed E-state index contributed by atoms with van der Waals surface area (Å²) in [5.41, 5.74) is 2.06. The van der Waals surface area contributed by atoms with E-state index in [4.69, 9.17) is 21.3 Å². The third-order valence-corrected chi connectivity index (χ3v) is 5.32. The molecule has 2 fully saturated rings. The number of carbonyl (C=O) groups excluding carboxylic acids is 1. The van der Waals surface area contributed by atoms with Gasteiger partial charge in [0.05, 0.1) is 5.52 Å². The summed E-state index contributed by atoms with van der Waals surface area (Å²) in [6.45, 7) is 7.14. The Morgan fingerprint density at radius 1 is 1.36 bits per heavy atom. The van der Waals surface area contributed by atoms with Crippen LogP contribution in [0.25, 0.3) is 11.0 Å². The van der Waals surface area contributed by atoms with E-state index in [0.717, 1.165) is 37.1 Å². The first-order valence-electron chi connectivity index (χ1n) is 8.53. The van der Waals surface area contributed by atoms with E-state index in [1.165, 1.54) is 6.33 Å². The number of fused-ring (bicyclic) bond motifs is 1. The van der Waals surface area contributed by atoms with E-state index in [2.05, 4.69) is 9.97 Å². The molecule has 1 saturated carbocycles. The molecule has 132 valence electrons. The fourth-order valence-electron chi connectivity index (χ4n) is 3.71. The second-order valence-electron chi connectivity index (χ2n) is 8.04. The number of hydrogen-bond acceptors (Lipinski definition) is 5. The van der Waals surface area contributed by atoms with Crippen molar-refractivity contribution in [3.05, 3.63) is 29.3 Å². The van der Waals surface area contributed by atoms with Crippen molar-refractivity contribution in [2.24, 2.45) is 5.41 Å². The van der Waals surface area contributed by atoms with E-state index in [1.54, 1.807) is 0 Å². The average Bonchev–Trinajstić information content (AvgIpc) is 3.05. The maximum absolute atomic E-state index is 12.3. The second-order valence-corrected chi connectivity index (χ2v) is 8.40. The summed E-state index contributed by atoms with van der Waals surface area (Å²) in [5, 5.41) is 0.378. The van der Waals surface area contributed by atoms with E-state index in [0.29, 0.717) is 16.6 Å². The quantitative estimate of drug-likeness (QED) is 0.723. The molecule has 1 aliphatic carbocycles. The Morgan fingerprint density at radius 3 is 2.92 bits per heavy atom. The predicted octanol–water partition coefficient (Wildman–Crippen LogP) is 3.79. The zero-order valence-corrected chi connectivity index (χ0v) is 15.4. The SMILES string of the molecule is CC(C)(C)OC(=O)N1CCC2(CC2c2ccc3ncnc(Cl)c3n2)C1. The molecule has 2 unspecified atom stereocenters. The lowest BCUT2D eigenvalue weighted by Gasteiger charge is -2.24. The van der Waals surface area contributed by atoms with Gasteiger partial charge in [0.1, 0.15) is 17.4 Å². The maximum Gasteiger partial charge on any atom is 0.410 e. The Bertz CT molecular complexity index is 851. The van der Waals surface area contributed by atoms with Gasteiger partial charge < -0.3 is 9.64 Å². The van der Waals surface area contributed by atoms with E-state index in [9.17, 15) is 4.79 Å². The van der Waals surface area contributed by atoms with Crippen LogP contribution in [0.4, 0.5) is 4.79 Å². The molecule has 2 aliphatic rings. The molecule has 25 heavy (non-hydrogen) atoms. The summed E-state index contributed by atoms with van der Waals surface area (Å²) in [6, 6.07) is 3.96. The molecular weight excluding hydrogens is 340 g/mol. The smallest absolute Gasteiger partial charge is 0.410 e. The highest BCUT2D eigenvalue weighted by molar-refractivity contribution is 6.33. The summed E-state index contributed by atoms with van der Waals surface area (Å²) in [5.74, 6) is 0.348. The molecule has 6 nitrogen and oxygen atoms in total. The second kappa shape index (κ2) is 5.53. The molecule has 0 N–H and O–H groups in total. The number of hydrogen-bond donors (Lipinski definition) is 0. The lowest BCUT2D eigenvalue weighted by atomic mass is 10.0. The molecule has 7 heteroatoms. The van der Waals surface area contributed by atoms with Crippen molar-refractivity contribution in [3.63, 3.8) is 0 Å². The Hall–Kier alpha value is -1.95. The summed E-state index contributed by atoms with van der Waals surface area (Å²) >= 11 is 6.15. The van der Waals surface area contributed by atoms with Gasteiger partial charge in [-0.25, -0.2) is 19.7 Å². The molecule has 1 saturated heterocycles. The third-order valence-electron chi connectivity index (χ3n) is 5.04. The van der Waals surface area contributed by atoms with Gasteiger partial charge in [-0.05, 0) is 51.2 Å². The van der Waals surface area contributed by atoms with Crippen molar-refractivity contribution in [3.8, 4) is 0 Å². The summed E-state index contributed by atoms with van der Waals surface area (Å²) in [4.78, 5) is 27.0. The molecule has 1 amide bonds. The lowest BCUT2D eigenvalue weighted by Crippen LogP contribution is -2.35. The van der Waals surface area contributed by atoms with Gasteiger partial charge in [-0.3, -0.25) is 0 Å². The highest BCUT2D eigenvalue weighted by atomic mass is 35.5. The van der Waals surface area contributed by atoms with Crippen molar-refractivity contribution < 1.29 is 9.53 Å². The molecule has 2 aromatic heterocycles. The van der Waals surface area contributed by atoms with Gasteiger partial charge in [0.15, 0.2) is 5.15 Å². The molecule has 0 aromatic carbocycles. The first-order chi connectivity index (χ1) is 11.8. The number of nitrogens with zero attached hydrogens (tertiary/aromatic N) is 4. The third kappa shape index (κ3) is 3.03. The Kier molecular flexibility index (Phi) is 3.65. The first-order valence-corrected chi connectivity index (χ1v) is 8.90. The lowest BCUT2D eigenvalue weighted by molar-refractivity contribution is 0.0285. The number of amides is 1. The van der Waals surface area contributed by atoms with Crippen molar-refractivity contribution in [1.29, 1.82) is 0 Å². The normalized spacial score (nSPS) is 25.6. The maximum atomic E-state index is 12.3. The number of rotatable bonds is 1. The number of pyridine rings is 1. The molecule has 2 aromatic rings. The predicted molar refractivity (Wildman–Crippen MR) is 94.6 cm³/mol. The fraction of sp³-hybridized carbons (Fsp3) is 0.556. The average molecular weight is 361 g/mol. The molecule has 2 atom stereocenters. The molecule has 1 spiro atoms. The Morgan fingerprint density at radius 2 is 2.16 bits per heavy atom. The van der Waals surface area contributed by atoms with E-state index in [-0.39, 0.29) is 11.5 Å². The van der Waals surface area contributed by atoms with E-state index < -0.39 is 5.60 Å². The highest BCUT2D eigenvalue weighted by Gasteiger charge is 2.59. The van der Waals surface area contributed by atoms with Crippen LogP contribution in [0.5, 0.6) is 0 Å². The minimum atomic E-state index is -0.466. The number of likely N-dealkylation sites (tertiary alicyclic amines) is 1. The van der Waals surface area contributed by atoms with Crippen LogP contribution in [0.2, 0.25) is 5.15 Å². The van der Waals surface area contributed by atoms with Gasteiger partial charge in [0.2, 0.25) is 0 Å². The van der Waals surface area contributed by atoms with Crippen molar-refractivity contribution in [2.75, 3.05) is 13.1 Å². The van der Waals surface area contributed by atoms with Crippen LogP contribution < -0.4 is 0 Å². The minimum absolute atomic E-state index is 0.125. The standard InChI is InChI=1S/C18H21ClN4O2/c1-17(2,3)25-16(24)23-7-6-18(9-23)8-11(18)12-4-5-13-14(22-12)15(19)21-10-20-13/h4-5,10-11H,6-9H2,1-3H3. The van der Waals surface area contributed by atoms with E-state index >= 15 is 0 Å². The Balaban J connectivity index is 1.51. The van der Waals surface area contributed by atoms with Gasteiger partial charge in [0.25, 0.3) is 0 Å². The number of ether oxygens (including phenoxy) is 1. The molecule has 3 heterocycles. The largest absolute Gasteiger partial charge is 0.444 e. The number of aromatic nitrogens is 3. The molecular formula is C18H21ClN4O2. The van der Waals surface area contributed by atoms with Gasteiger partial charge in [-0.15, -0.1) is 0 Å². The van der Waals surface area contributed by atoms with E-state index in [1.807, 2.05) is 37.8 Å². The first kappa shape index (κ1) is 16.5. The molecule has 4 rings (SSSR count). The van der Waals surface area contributed by atoms with Crippen molar-refractivity contribution >= 4 is 28.7 Å².